The first-order valence-electron chi connectivity index (χ1n) is 5.91. The van der Waals surface area contributed by atoms with Gasteiger partial charge in [0.15, 0.2) is 0 Å². The molecule has 3 nitrogen and oxygen atoms in total. The summed E-state index contributed by atoms with van der Waals surface area (Å²) in [6.45, 7) is 3.33. The first kappa shape index (κ1) is 10.9. The van der Waals surface area contributed by atoms with Gasteiger partial charge in [-0.25, -0.2) is 0 Å². The number of nitrogens with zero attached hydrogens (tertiary/aromatic N) is 1. The highest BCUT2D eigenvalue weighted by molar-refractivity contribution is 5.76. The summed E-state index contributed by atoms with van der Waals surface area (Å²) in [7, 11) is 3.55. The van der Waals surface area contributed by atoms with Crippen LogP contribution in [0.1, 0.15) is 26.2 Å². The number of carbonyl (C=O) groups excluding carboxylic acids is 1. The zero-order valence-electron chi connectivity index (χ0n) is 9.90. The average molecular weight is 211 g/mol. The number of likely N-dealkylation sites (N-methyl/N-ethyl adjacent to an activating group) is 1. The summed E-state index contributed by atoms with van der Waals surface area (Å²) in [5.74, 6) is 2.16. The van der Waals surface area contributed by atoms with Crippen LogP contribution in [-0.2, 0) is 9.53 Å². The van der Waals surface area contributed by atoms with Crippen molar-refractivity contribution < 1.29 is 9.53 Å². The van der Waals surface area contributed by atoms with E-state index in [4.69, 9.17) is 4.74 Å². The number of ether oxygens (including phenoxy) is 1. The molecule has 0 amide bonds. The lowest BCUT2D eigenvalue weighted by atomic mass is 10.1. The summed E-state index contributed by atoms with van der Waals surface area (Å²) in [4.78, 5) is 13.9. The van der Waals surface area contributed by atoms with Crippen molar-refractivity contribution in [2.24, 2.45) is 17.8 Å². The molecule has 0 aliphatic heterocycles. The number of hydrogen-bond donors (Lipinski definition) is 0. The fourth-order valence-corrected chi connectivity index (χ4v) is 2.40. The van der Waals surface area contributed by atoms with E-state index in [1.165, 1.54) is 26.4 Å². The van der Waals surface area contributed by atoms with Gasteiger partial charge in [-0.2, -0.15) is 0 Å². The quantitative estimate of drug-likeness (QED) is 0.646. The van der Waals surface area contributed by atoms with Gasteiger partial charge in [0, 0.05) is 6.54 Å². The Hall–Kier alpha value is -0.570. The van der Waals surface area contributed by atoms with Crippen LogP contribution in [0.3, 0.4) is 0 Å². The number of esters is 1. The molecule has 0 heterocycles. The van der Waals surface area contributed by atoms with Crippen LogP contribution in [-0.4, -0.2) is 37.6 Å². The Balaban J connectivity index is 1.88. The van der Waals surface area contributed by atoms with Gasteiger partial charge < -0.3 is 4.74 Å². The van der Waals surface area contributed by atoms with E-state index in [1.54, 1.807) is 0 Å². The molecule has 0 radical (unpaired) electrons. The maximum atomic E-state index is 11.7. The topological polar surface area (TPSA) is 29.5 Å². The van der Waals surface area contributed by atoms with Crippen LogP contribution in [0.15, 0.2) is 0 Å². The Morgan fingerprint density at radius 3 is 2.53 bits per heavy atom. The molecule has 2 saturated carbocycles. The van der Waals surface area contributed by atoms with E-state index in [0.717, 1.165) is 18.4 Å². The van der Waals surface area contributed by atoms with E-state index in [-0.39, 0.29) is 12.0 Å². The van der Waals surface area contributed by atoms with Crippen molar-refractivity contribution in [1.82, 2.24) is 4.90 Å². The fraction of sp³-hybridized carbons (Fsp3) is 0.917. The molecule has 0 N–H and O–H groups in total. The molecular weight excluding hydrogens is 190 g/mol. The lowest BCUT2D eigenvalue weighted by Gasteiger charge is -2.25. The molecule has 86 valence electrons. The molecule has 0 aromatic carbocycles. The largest absolute Gasteiger partial charge is 0.468 e. The third kappa shape index (κ3) is 2.51. The Morgan fingerprint density at radius 1 is 1.53 bits per heavy atom. The minimum absolute atomic E-state index is 0.0165. The zero-order valence-corrected chi connectivity index (χ0v) is 9.90. The molecule has 3 heteroatoms. The highest BCUT2D eigenvalue weighted by Crippen LogP contribution is 2.41. The van der Waals surface area contributed by atoms with E-state index >= 15 is 0 Å². The summed E-state index contributed by atoms with van der Waals surface area (Å²) in [5.41, 5.74) is 0. The monoisotopic (exact) mass is 211 g/mol. The predicted molar refractivity (Wildman–Crippen MR) is 58.4 cm³/mol. The summed E-state index contributed by atoms with van der Waals surface area (Å²) < 4.78 is 4.88. The molecule has 3 atom stereocenters. The van der Waals surface area contributed by atoms with Crippen LogP contribution in [0.5, 0.6) is 0 Å². The molecule has 2 fully saturated rings. The van der Waals surface area contributed by atoms with Gasteiger partial charge in [-0.3, -0.25) is 9.69 Å². The van der Waals surface area contributed by atoms with Gasteiger partial charge in [0.05, 0.1) is 7.11 Å². The molecule has 0 aromatic rings. The molecule has 0 spiro atoms. The van der Waals surface area contributed by atoms with Crippen LogP contribution in [0.4, 0.5) is 0 Å². The Kier molecular flexibility index (Phi) is 3.01. The third-order valence-corrected chi connectivity index (χ3v) is 3.78. The highest BCUT2D eigenvalue weighted by Gasteiger charge is 2.42. The molecule has 2 aliphatic rings. The second-order valence-corrected chi connectivity index (χ2v) is 5.22. The zero-order chi connectivity index (χ0) is 11.0. The lowest BCUT2D eigenvalue weighted by molar-refractivity contribution is -0.147. The molecule has 15 heavy (non-hydrogen) atoms. The second-order valence-electron chi connectivity index (χ2n) is 5.22. The van der Waals surface area contributed by atoms with E-state index in [1.807, 2.05) is 0 Å². The minimum atomic E-state index is -0.0479. The van der Waals surface area contributed by atoms with Crippen LogP contribution < -0.4 is 0 Å². The Bertz CT molecular complexity index is 250. The highest BCUT2D eigenvalue weighted by atomic mass is 16.5. The van der Waals surface area contributed by atoms with Gasteiger partial charge in [-0.15, -0.1) is 0 Å². The average Bonchev–Trinajstić information content (AvgIpc) is 3.07. The summed E-state index contributed by atoms with van der Waals surface area (Å²) in [6.07, 6.45) is 3.69. The van der Waals surface area contributed by atoms with Crippen molar-refractivity contribution in [3.63, 3.8) is 0 Å². The molecule has 3 unspecified atom stereocenters. The van der Waals surface area contributed by atoms with Crippen molar-refractivity contribution >= 4 is 5.97 Å². The SMILES string of the molecule is COC(=O)C(C1CC1)N(C)CC1CC1C. The van der Waals surface area contributed by atoms with Crippen molar-refractivity contribution in [2.75, 3.05) is 20.7 Å². The van der Waals surface area contributed by atoms with Gasteiger partial charge in [0.2, 0.25) is 0 Å². The maximum Gasteiger partial charge on any atom is 0.323 e. The van der Waals surface area contributed by atoms with E-state index in [0.29, 0.717) is 5.92 Å². The van der Waals surface area contributed by atoms with Crippen molar-refractivity contribution in [3.8, 4) is 0 Å². The summed E-state index contributed by atoms with van der Waals surface area (Å²) in [5, 5.41) is 0. The van der Waals surface area contributed by atoms with Crippen molar-refractivity contribution in [3.05, 3.63) is 0 Å². The van der Waals surface area contributed by atoms with E-state index in [9.17, 15) is 4.79 Å². The standard InChI is InChI=1S/C12H21NO2/c1-8-6-10(8)7-13(2)11(9-4-5-9)12(14)15-3/h8-11H,4-7H2,1-3H3. The fourth-order valence-electron chi connectivity index (χ4n) is 2.40. The van der Waals surface area contributed by atoms with Gasteiger partial charge in [0.1, 0.15) is 6.04 Å². The smallest absolute Gasteiger partial charge is 0.323 e. The first-order chi connectivity index (χ1) is 7.13. The molecule has 0 aromatic heterocycles. The lowest BCUT2D eigenvalue weighted by Crippen LogP contribution is -2.42. The van der Waals surface area contributed by atoms with Gasteiger partial charge in [-0.05, 0) is 44.1 Å². The van der Waals surface area contributed by atoms with Crippen LogP contribution in [0.2, 0.25) is 0 Å². The molecular formula is C12H21NO2. The minimum Gasteiger partial charge on any atom is -0.468 e. The first-order valence-corrected chi connectivity index (χ1v) is 5.91. The van der Waals surface area contributed by atoms with Crippen LogP contribution in [0.25, 0.3) is 0 Å². The van der Waals surface area contributed by atoms with Gasteiger partial charge in [-0.1, -0.05) is 6.92 Å². The van der Waals surface area contributed by atoms with Crippen LogP contribution >= 0.6 is 0 Å². The van der Waals surface area contributed by atoms with E-state index < -0.39 is 0 Å². The van der Waals surface area contributed by atoms with Gasteiger partial charge >= 0.3 is 5.97 Å². The number of carbonyl (C=O) groups is 1. The van der Waals surface area contributed by atoms with Crippen molar-refractivity contribution in [2.45, 2.75) is 32.2 Å². The van der Waals surface area contributed by atoms with Crippen molar-refractivity contribution in [1.29, 1.82) is 0 Å². The summed E-state index contributed by atoms with van der Waals surface area (Å²) in [6, 6.07) is 0.0165. The number of hydrogen-bond acceptors (Lipinski definition) is 3. The molecule has 2 rings (SSSR count). The Morgan fingerprint density at radius 2 is 2.13 bits per heavy atom. The third-order valence-electron chi connectivity index (χ3n) is 3.78. The second kappa shape index (κ2) is 4.12. The Labute approximate surface area is 91.8 Å². The molecule has 0 bridgehead atoms. The van der Waals surface area contributed by atoms with Crippen LogP contribution in [0, 0.1) is 17.8 Å². The number of methoxy groups -OCH3 is 1. The van der Waals surface area contributed by atoms with E-state index in [2.05, 4.69) is 18.9 Å². The molecule has 2 aliphatic carbocycles. The number of rotatable bonds is 5. The summed E-state index contributed by atoms with van der Waals surface area (Å²) >= 11 is 0. The normalized spacial score (nSPS) is 31.5. The maximum absolute atomic E-state index is 11.7. The predicted octanol–water partition coefficient (Wildman–Crippen LogP) is 1.53. The van der Waals surface area contributed by atoms with Gasteiger partial charge in [0.25, 0.3) is 0 Å². The molecule has 0 saturated heterocycles.